The quantitative estimate of drug-likeness (QED) is 0.551. The second-order valence-corrected chi connectivity index (χ2v) is 7.49. The molecule has 3 unspecified atom stereocenters. The van der Waals surface area contributed by atoms with E-state index in [0.717, 1.165) is 22.2 Å². The van der Waals surface area contributed by atoms with Gasteiger partial charge in [-0.3, -0.25) is 15.0 Å². The van der Waals surface area contributed by atoms with Crippen LogP contribution in [0.25, 0.3) is 16.6 Å². The molecule has 5 rings (SSSR count). The zero-order valence-electron chi connectivity index (χ0n) is 16.3. The summed E-state index contributed by atoms with van der Waals surface area (Å²) in [5, 5.41) is 1.00. The van der Waals surface area contributed by atoms with E-state index in [1.165, 1.54) is 0 Å². The van der Waals surface area contributed by atoms with E-state index in [4.69, 9.17) is 14.5 Å². The molecule has 30 heavy (non-hydrogen) atoms. The molecule has 1 fully saturated rings. The van der Waals surface area contributed by atoms with Crippen LogP contribution in [0.5, 0.6) is 0 Å². The maximum Gasteiger partial charge on any atom is 0.348 e. The Bertz CT molecular complexity index is 1100. The summed E-state index contributed by atoms with van der Waals surface area (Å²) in [4.78, 5) is 44.1. The van der Waals surface area contributed by atoms with Crippen LogP contribution in [0.3, 0.4) is 0 Å². The normalized spacial score (nSPS) is 24.6. The fourth-order valence-electron chi connectivity index (χ4n) is 4.28. The van der Waals surface area contributed by atoms with Gasteiger partial charge in [0.1, 0.15) is 13.2 Å². The lowest BCUT2D eigenvalue weighted by Gasteiger charge is -2.39. The van der Waals surface area contributed by atoms with Gasteiger partial charge in [-0.05, 0) is 19.2 Å². The molecule has 3 atom stereocenters. The van der Waals surface area contributed by atoms with E-state index in [1.54, 1.807) is 11.9 Å². The molecule has 9 nitrogen and oxygen atoms in total. The highest BCUT2D eigenvalue weighted by molar-refractivity contribution is 5.96. The molecule has 3 aliphatic rings. The van der Waals surface area contributed by atoms with E-state index in [2.05, 4.69) is 10.9 Å². The first-order valence-corrected chi connectivity index (χ1v) is 9.75. The summed E-state index contributed by atoms with van der Waals surface area (Å²) in [6.07, 6.45) is 0.668. The van der Waals surface area contributed by atoms with Crippen molar-refractivity contribution >= 4 is 34.4 Å². The smallest absolute Gasteiger partial charge is 0.348 e. The van der Waals surface area contributed by atoms with E-state index < -0.39 is 29.9 Å². The number of hydrazine groups is 1. The Balaban J connectivity index is 1.53. The predicted octanol–water partition coefficient (Wildman–Crippen LogP) is 0.357. The van der Waals surface area contributed by atoms with Crippen molar-refractivity contribution in [1.82, 2.24) is 20.7 Å². The number of amides is 1. The largest absolute Gasteiger partial charge is 0.462 e. The maximum absolute atomic E-state index is 13.2. The molecular weight excluding hydrogens is 388 g/mol. The Morgan fingerprint density at radius 2 is 2.17 bits per heavy atom. The van der Waals surface area contributed by atoms with Crippen molar-refractivity contribution in [3.05, 3.63) is 47.7 Å². The van der Waals surface area contributed by atoms with Gasteiger partial charge in [0.15, 0.2) is 0 Å². The minimum absolute atomic E-state index is 0.0306. The molecule has 9 heteroatoms. The van der Waals surface area contributed by atoms with Crippen molar-refractivity contribution in [2.24, 2.45) is 11.8 Å². The Morgan fingerprint density at radius 3 is 3.00 bits per heavy atom. The number of hydrogen-bond donors (Lipinski definition) is 2. The van der Waals surface area contributed by atoms with Crippen molar-refractivity contribution < 1.29 is 23.9 Å². The standard InChI is InChI=1S/C21H20N4O5/c1-22-23-8-17(26)30-19-13-7-16-18-12(6-11-4-2-3-5-15(11)24-18)9-25(16)20(27)14(13)10-29-21(19)28/h2-7,13-14,19,22-23H,8-10H2,1H3. The molecule has 1 aromatic carbocycles. The molecule has 4 heterocycles. The zero-order valence-corrected chi connectivity index (χ0v) is 16.3. The van der Waals surface area contributed by atoms with E-state index in [0.29, 0.717) is 12.2 Å². The van der Waals surface area contributed by atoms with Gasteiger partial charge >= 0.3 is 11.9 Å². The van der Waals surface area contributed by atoms with Crippen LogP contribution in [0.15, 0.2) is 36.4 Å². The van der Waals surface area contributed by atoms with E-state index >= 15 is 0 Å². The highest BCUT2D eigenvalue weighted by Gasteiger charge is 2.51. The highest BCUT2D eigenvalue weighted by atomic mass is 16.6. The number of hydrogen-bond acceptors (Lipinski definition) is 8. The molecule has 2 aromatic rings. The molecule has 0 aliphatic carbocycles. The number of para-hydroxylation sites is 1. The third-order valence-corrected chi connectivity index (χ3v) is 5.72. The maximum atomic E-state index is 13.2. The first-order chi connectivity index (χ1) is 14.6. The number of aromatic nitrogens is 1. The molecule has 3 aliphatic heterocycles. The highest BCUT2D eigenvalue weighted by Crippen LogP contribution is 2.43. The Labute approximate surface area is 172 Å². The molecule has 0 bridgehead atoms. The van der Waals surface area contributed by atoms with Gasteiger partial charge in [0.25, 0.3) is 0 Å². The van der Waals surface area contributed by atoms with Crippen molar-refractivity contribution in [2.75, 3.05) is 20.2 Å². The topological polar surface area (TPSA) is 110 Å². The molecule has 0 saturated carbocycles. The van der Waals surface area contributed by atoms with Gasteiger partial charge < -0.3 is 14.4 Å². The van der Waals surface area contributed by atoms with Gasteiger partial charge in [0, 0.05) is 16.9 Å². The summed E-state index contributed by atoms with van der Waals surface area (Å²) in [5.41, 5.74) is 8.40. The second kappa shape index (κ2) is 7.19. The van der Waals surface area contributed by atoms with Crippen LogP contribution in [0.2, 0.25) is 0 Å². The Kier molecular flexibility index (Phi) is 4.48. The Morgan fingerprint density at radius 1 is 1.33 bits per heavy atom. The number of carbonyl (C=O) groups excluding carboxylic acids is 3. The zero-order chi connectivity index (χ0) is 20.8. The number of nitrogens with zero attached hydrogens (tertiary/aromatic N) is 2. The number of carbonyl (C=O) groups is 3. The van der Waals surface area contributed by atoms with E-state index in [9.17, 15) is 14.4 Å². The number of ether oxygens (including phenoxy) is 2. The van der Waals surface area contributed by atoms with Crippen molar-refractivity contribution in [2.45, 2.75) is 12.6 Å². The minimum atomic E-state index is -1.17. The van der Waals surface area contributed by atoms with Crippen LogP contribution >= 0.6 is 0 Å². The van der Waals surface area contributed by atoms with Gasteiger partial charge in [-0.15, -0.1) is 0 Å². The van der Waals surface area contributed by atoms with E-state index in [1.807, 2.05) is 36.4 Å². The molecule has 0 spiro atoms. The average Bonchev–Trinajstić information content (AvgIpc) is 3.10. The number of cyclic esters (lactones) is 1. The van der Waals surface area contributed by atoms with Gasteiger partial charge in [0.2, 0.25) is 12.0 Å². The summed E-state index contributed by atoms with van der Waals surface area (Å²) in [5.74, 6) is -2.59. The number of nitrogens with one attached hydrogen (secondary N) is 2. The van der Waals surface area contributed by atoms with Gasteiger partial charge in [-0.1, -0.05) is 24.3 Å². The molecule has 2 N–H and O–H groups in total. The van der Waals surface area contributed by atoms with Crippen molar-refractivity contribution in [3.63, 3.8) is 0 Å². The molecule has 1 aromatic heterocycles. The molecule has 154 valence electrons. The summed E-state index contributed by atoms with van der Waals surface area (Å²) < 4.78 is 10.6. The summed E-state index contributed by atoms with van der Waals surface area (Å²) in [7, 11) is 1.62. The van der Waals surface area contributed by atoms with E-state index in [-0.39, 0.29) is 19.1 Å². The number of rotatable bonds is 4. The number of esters is 2. The summed E-state index contributed by atoms with van der Waals surface area (Å²) in [6.45, 7) is 0.271. The van der Waals surface area contributed by atoms with Crippen LogP contribution in [0.4, 0.5) is 0 Å². The molecule has 0 radical (unpaired) electrons. The monoisotopic (exact) mass is 408 g/mol. The third-order valence-electron chi connectivity index (χ3n) is 5.72. The SMILES string of the molecule is CNNCC(=O)OC1C(=O)OCC2C(=O)N3Cc4cc5ccccc5nc4C3=CC21. The van der Waals surface area contributed by atoms with Crippen LogP contribution in [-0.2, 0) is 30.4 Å². The first kappa shape index (κ1) is 18.7. The molecule has 1 amide bonds. The average molecular weight is 408 g/mol. The third kappa shape index (κ3) is 2.94. The van der Waals surface area contributed by atoms with Crippen LogP contribution < -0.4 is 10.9 Å². The fourth-order valence-corrected chi connectivity index (χ4v) is 4.28. The lowest BCUT2D eigenvalue weighted by molar-refractivity contribution is -0.183. The summed E-state index contributed by atoms with van der Waals surface area (Å²) in [6, 6.07) is 9.80. The number of benzene rings is 1. The van der Waals surface area contributed by atoms with Gasteiger partial charge in [-0.2, -0.15) is 0 Å². The lowest BCUT2D eigenvalue weighted by Crippen LogP contribution is -2.53. The predicted molar refractivity (Wildman–Crippen MR) is 105 cm³/mol. The molecule has 1 saturated heterocycles. The lowest BCUT2D eigenvalue weighted by atomic mass is 9.81. The summed E-state index contributed by atoms with van der Waals surface area (Å²) >= 11 is 0. The van der Waals surface area contributed by atoms with Crippen molar-refractivity contribution in [1.29, 1.82) is 0 Å². The Hall–Kier alpha value is -3.30. The second-order valence-electron chi connectivity index (χ2n) is 7.49. The number of fused-ring (bicyclic) bond motifs is 5. The van der Waals surface area contributed by atoms with Gasteiger partial charge in [0.05, 0.1) is 29.4 Å². The minimum Gasteiger partial charge on any atom is -0.462 e. The first-order valence-electron chi connectivity index (χ1n) is 9.75. The van der Waals surface area contributed by atoms with Crippen LogP contribution in [0, 0.1) is 11.8 Å². The van der Waals surface area contributed by atoms with Crippen LogP contribution in [-0.4, -0.2) is 54.0 Å². The number of pyridine rings is 1. The van der Waals surface area contributed by atoms with Crippen LogP contribution in [0.1, 0.15) is 11.3 Å². The van der Waals surface area contributed by atoms with Gasteiger partial charge in [-0.25, -0.2) is 15.2 Å². The van der Waals surface area contributed by atoms with Crippen molar-refractivity contribution in [3.8, 4) is 0 Å². The fraction of sp³-hybridized carbons (Fsp3) is 0.333. The molecular formula is C21H20N4O5.